The molecule has 11 heteroatoms. The number of methoxy groups -OCH3 is 1. The number of ether oxygens (including phenoxy) is 1. The summed E-state index contributed by atoms with van der Waals surface area (Å²) in [6.07, 6.45) is 4.58. The average Bonchev–Trinajstić information content (AvgIpc) is 3.39. The van der Waals surface area contributed by atoms with Gasteiger partial charge in [0.25, 0.3) is 0 Å². The van der Waals surface area contributed by atoms with Crippen molar-refractivity contribution in [3.8, 4) is 16.9 Å². The molecule has 40 heavy (non-hydrogen) atoms. The van der Waals surface area contributed by atoms with Crippen molar-refractivity contribution in [1.29, 1.82) is 0 Å². The van der Waals surface area contributed by atoms with Crippen molar-refractivity contribution in [2.24, 2.45) is 21.9 Å². The minimum atomic E-state index is -0.778. The molecule has 2 aromatic carbocycles. The van der Waals surface area contributed by atoms with E-state index in [0.717, 1.165) is 25.0 Å². The molecular weight excluding hydrogens is 541 g/mol. The maximum Gasteiger partial charge on any atom is 0.137 e. The summed E-state index contributed by atoms with van der Waals surface area (Å²) in [6, 6.07) is 7.58. The zero-order valence-corrected chi connectivity index (χ0v) is 23.3. The van der Waals surface area contributed by atoms with E-state index in [0.29, 0.717) is 16.8 Å². The molecule has 1 unspecified atom stereocenters. The largest absolute Gasteiger partial charge is 0.497 e. The highest BCUT2D eigenvalue weighted by molar-refractivity contribution is 6.33. The fraction of sp³-hybridized carbons (Fsp3) is 0.310. The van der Waals surface area contributed by atoms with Gasteiger partial charge in [0.2, 0.25) is 0 Å². The van der Waals surface area contributed by atoms with Gasteiger partial charge in [-0.2, -0.15) is 5.10 Å². The van der Waals surface area contributed by atoms with Crippen molar-refractivity contribution < 1.29 is 17.9 Å². The first-order valence-electron chi connectivity index (χ1n) is 12.7. The smallest absolute Gasteiger partial charge is 0.137 e. The Morgan fingerprint density at radius 1 is 1.15 bits per heavy atom. The Hall–Kier alpha value is -3.76. The van der Waals surface area contributed by atoms with E-state index in [1.807, 2.05) is 6.92 Å². The van der Waals surface area contributed by atoms with Crippen LogP contribution < -0.4 is 21.5 Å². The lowest BCUT2D eigenvalue weighted by molar-refractivity contribution is 0.215. The number of amidine groups is 1. The summed E-state index contributed by atoms with van der Waals surface area (Å²) in [7, 11) is 1.34. The summed E-state index contributed by atoms with van der Waals surface area (Å²) in [6.45, 7) is 6.20. The zero-order valence-electron chi connectivity index (χ0n) is 22.5. The van der Waals surface area contributed by atoms with E-state index in [1.54, 1.807) is 6.07 Å². The molecule has 0 bridgehead atoms. The van der Waals surface area contributed by atoms with Gasteiger partial charge in [0, 0.05) is 47.0 Å². The van der Waals surface area contributed by atoms with Crippen molar-refractivity contribution in [1.82, 2.24) is 9.61 Å². The van der Waals surface area contributed by atoms with Crippen LogP contribution in [-0.4, -0.2) is 34.1 Å². The molecule has 1 fully saturated rings. The molecule has 0 amide bonds. The number of nitrogens with one attached hydrogen (secondary N) is 1. The van der Waals surface area contributed by atoms with E-state index in [4.69, 9.17) is 27.8 Å². The second kappa shape index (κ2) is 10.0. The van der Waals surface area contributed by atoms with Crippen molar-refractivity contribution in [2.75, 3.05) is 12.4 Å². The molecule has 2 heterocycles. The number of aliphatic imine (C=N–C) groups is 1. The molecule has 5 rings (SSSR count). The van der Waals surface area contributed by atoms with Gasteiger partial charge in [-0.1, -0.05) is 25.4 Å². The summed E-state index contributed by atoms with van der Waals surface area (Å²) < 4.78 is 50.4. The van der Waals surface area contributed by atoms with Crippen LogP contribution in [0.15, 0.2) is 53.8 Å². The molecule has 4 aromatic rings. The lowest BCUT2D eigenvalue weighted by Gasteiger charge is -2.39. The average molecular weight is 571 g/mol. The Bertz CT molecular complexity index is 1630. The van der Waals surface area contributed by atoms with Gasteiger partial charge in [0.1, 0.15) is 29.0 Å². The van der Waals surface area contributed by atoms with Gasteiger partial charge < -0.3 is 21.5 Å². The molecule has 2 aromatic heterocycles. The molecule has 0 radical (unpaired) electrons. The summed E-state index contributed by atoms with van der Waals surface area (Å²) in [5, 5.41) is 8.25. The Morgan fingerprint density at radius 3 is 2.48 bits per heavy atom. The molecule has 2 atom stereocenters. The number of fused-ring (bicyclic) bond motifs is 1. The third-order valence-corrected chi connectivity index (χ3v) is 8.54. The number of halogens is 4. The number of anilines is 1. The Balaban J connectivity index is 1.69. The number of benzene rings is 2. The van der Waals surface area contributed by atoms with Crippen LogP contribution >= 0.6 is 11.6 Å². The number of hydrogen-bond acceptors (Lipinski definition) is 5. The van der Waals surface area contributed by atoms with Crippen molar-refractivity contribution >= 4 is 34.3 Å². The maximum absolute atomic E-state index is 15.0. The second-order valence-electron chi connectivity index (χ2n) is 10.9. The molecule has 1 saturated carbocycles. The molecule has 0 spiro atoms. The van der Waals surface area contributed by atoms with Crippen LogP contribution in [0.5, 0.6) is 5.75 Å². The number of aromatic nitrogens is 2. The Kier molecular flexibility index (Phi) is 6.96. The molecular formula is C29H30ClF3N6O. The molecule has 0 aliphatic heterocycles. The monoisotopic (exact) mass is 570 g/mol. The Labute approximate surface area is 235 Å². The highest BCUT2D eigenvalue weighted by Gasteiger charge is 2.49. The lowest BCUT2D eigenvalue weighted by Crippen LogP contribution is -2.51. The SMILES string of the molecule is COc1cc(F)c(-c2cc3c(N[C@@H]4CCC(C)(N)C4(C)C)c(C(N)=Nc4cc(F)ccc4Cl)cnn3c2)c(F)c1. The zero-order chi connectivity index (χ0) is 29.0. The van der Waals surface area contributed by atoms with E-state index >= 15 is 0 Å². The highest BCUT2D eigenvalue weighted by atomic mass is 35.5. The van der Waals surface area contributed by atoms with Gasteiger partial charge in [-0.05, 0) is 38.0 Å². The van der Waals surface area contributed by atoms with Crippen LogP contribution in [0.4, 0.5) is 24.5 Å². The van der Waals surface area contributed by atoms with Crippen molar-refractivity contribution in [3.63, 3.8) is 0 Å². The van der Waals surface area contributed by atoms with E-state index in [-0.39, 0.29) is 44.9 Å². The minimum Gasteiger partial charge on any atom is -0.497 e. The van der Waals surface area contributed by atoms with Gasteiger partial charge in [-0.3, -0.25) is 0 Å². The maximum atomic E-state index is 15.0. The van der Waals surface area contributed by atoms with Gasteiger partial charge in [-0.15, -0.1) is 0 Å². The van der Waals surface area contributed by atoms with Crippen LogP contribution in [-0.2, 0) is 0 Å². The topological polar surface area (TPSA) is 103 Å². The fourth-order valence-electron chi connectivity index (χ4n) is 5.20. The van der Waals surface area contributed by atoms with E-state index in [2.05, 4.69) is 29.3 Å². The van der Waals surface area contributed by atoms with Gasteiger partial charge in [0.05, 0.1) is 46.3 Å². The fourth-order valence-corrected chi connectivity index (χ4v) is 5.36. The van der Waals surface area contributed by atoms with Crippen LogP contribution in [0.1, 0.15) is 39.2 Å². The van der Waals surface area contributed by atoms with Crippen LogP contribution in [0.25, 0.3) is 16.6 Å². The molecule has 1 aliphatic carbocycles. The van der Waals surface area contributed by atoms with Crippen LogP contribution in [0.2, 0.25) is 5.02 Å². The molecule has 5 N–H and O–H groups in total. The van der Waals surface area contributed by atoms with E-state index in [1.165, 1.54) is 42.2 Å². The number of nitrogens with zero attached hydrogens (tertiary/aromatic N) is 3. The molecule has 210 valence electrons. The quantitative estimate of drug-likeness (QED) is 0.183. The number of hydrogen-bond donors (Lipinski definition) is 3. The third-order valence-electron chi connectivity index (χ3n) is 8.22. The van der Waals surface area contributed by atoms with Crippen molar-refractivity contribution in [2.45, 2.75) is 45.2 Å². The third kappa shape index (κ3) is 4.75. The lowest BCUT2D eigenvalue weighted by atomic mass is 9.75. The first-order chi connectivity index (χ1) is 18.8. The van der Waals surface area contributed by atoms with Gasteiger partial charge in [-0.25, -0.2) is 22.7 Å². The van der Waals surface area contributed by atoms with Gasteiger partial charge >= 0.3 is 0 Å². The first kappa shape index (κ1) is 27.8. The molecule has 7 nitrogen and oxygen atoms in total. The number of rotatable bonds is 6. The first-order valence-corrected chi connectivity index (χ1v) is 13.1. The molecule has 0 saturated heterocycles. The predicted octanol–water partition coefficient (Wildman–Crippen LogP) is 6.44. The van der Waals surface area contributed by atoms with Crippen LogP contribution in [0, 0.1) is 22.9 Å². The molecule has 1 aliphatic rings. The van der Waals surface area contributed by atoms with Gasteiger partial charge in [0.15, 0.2) is 0 Å². The number of nitrogens with two attached hydrogens (primary N) is 2. The summed E-state index contributed by atoms with van der Waals surface area (Å²) in [5.74, 6) is -1.97. The van der Waals surface area contributed by atoms with E-state index in [9.17, 15) is 13.2 Å². The van der Waals surface area contributed by atoms with E-state index < -0.39 is 23.0 Å². The summed E-state index contributed by atoms with van der Waals surface area (Å²) in [4.78, 5) is 4.38. The minimum absolute atomic E-state index is 0.0286. The van der Waals surface area contributed by atoms with Crippen molar-refractivity contribution in [3.05, 3.63) is 76.8 Å². The second-order valence-corrected chi connectivity index (χ2v) is 11.3. The normalized spacial score (nSPS) is 20.7. The van der Waals surface area contributed by atoms with Crippen LogP contribution in [0.3, 0.4) is 0 Å². The predicted molar refractivity (Wildman–Crippen MR) is 152 cm³/mol. The Morgan fingerprint density at radius 2 is 1.85 bits per heavy atom. The summed E-state index contributed by atoms with van der Waals surface area (Å²) in [5.41, 5.74) is 14.0. The standard InChI is InChI=1S/C29H30ClF3N6O/c1-28(2)24(7-8-29(28,3)35)38-26-18(27(34)37-22-10-16(31)5-6-19(22)30)13-36-39-14-15(9-23(26)39)25-20(32)11-17(40-4)12-21(25)33/h5-6,9-14,24,38H,7-8,35H2,1-4H3,(H2,34,37)/t24-,29?/m1/s1. The highest BCUT2D eigenvalue weighted by Crippen LogP contribution is 2.46. The summed E-state index contributed by atoms with van der Waals surface area (Å²) >= 11 is 6.23.